The molecular weight excluding hydrogens is 268 g/mol. The second kappa shape index (κ2) is 4.70. The summed E-state index contributed by atoms with van der Waals surface area (Å²) in [5.41, 5.74) is 2.78. The molecule has 0 radical (unpaired) electrons. The van der Waals surface area contributed by atoms with Gasteiger partial charge in [0.25, 0.3) is 6.01 Å². The lowest BCUT2D eigenvalue weighted by Crippen LogP contribution is -2.16. The number of rotatable bonds is 3. The Kier molecular flexibility index (Phi) is 2.70. The molecule has 0 fully saturated rings. The van der Waals surface area contributed by atoms with Crippen LogP contribution in [0.3, 0.4) is 0 Å². The lowest BCUT2D eigenvalue weighted by molar-refractivity contribution is 0.174. The summed E-state index contributed by atoms with van der Waals surface area (Å²) >= 11 is 0. The number of hydrogen-bond donors (Lipinski definition) is 0. The van der Waals surface area contributed by atoms with E-state index in [9.17, 15) is 0 Å². The molecule has 106 valence electrons. The van der Waals surface area contributed by atoms with Crippen LogP contribution in [-0.4, -0.2) is 18.8 Å². The molecule has 1 aromatic heterocycles. The predicted molar refractivity (Wildman–Crippen MR) is 78.7 cm³/mol. The van der Waals surface area contributed by atoms with Gasteiger partial charge in [-0.25, -0.2) is 0 Å². The molecule has 1 aliphatic heterocycles. The number of ether oxygens (including phenoxy) is 2. The summed E-state index contributed by atoms with van der Waals surface area (Å²) in [5.74, 6) is 1.58. The number of benzene rings is 2. The molecule has 0 aliphatic carbocycles. The van der Waals surface area contributed by atoms with Gasteiger partial charge in [-0.05, 0) is 29.8 Å². The fourth-order valence-electron chi connectivity index (χ4n) is 2.40. The third-order valence-electron chi connectivity index (χ3n) is 3.47. The zero-order valence-electron chi connectivity index (χ0n) is 11.6. The van der Waals surface area contributed by atoms with Crippen molar-refractivity contribution in [3.05, 3.63) is 48.0 Å². The lowest BCUT2D eigenvalue weighted by atomic mass is 10.2. The number of aromatic nitrogens is 1. The van der Waals surface area contributed by atoms with Gasteiger partial charge >= 0.3 is 0 Å². The largest absolute Gasteiger partial charge is 0.454 e. The van der Waals surface area contributed by atoms with E-state index in [1.165, 1.54) is 0 Å². The highest BCUT2D eigenvalue weighted by Gasteiger charge is 2.15. The highest BCUT2D eigenvalue weighted by Crippen LogP contribution is 2.33. The number of nitrogens with zero attached hydrogens (tertiary/aromatic N) is 2. The molecule has 1 aliphatic rings. The predicted octanol–water partition coefficient (Wildman–Crippen LogP) is 3.19. The molecule has 0 spiro atoms. The molecule has 0 unspecified atom stereocenters. The van der Waals surface area contributed by atoms with E-state index < -0.39 is 0 Å². The van der Waals surface area contributed by atoms with Crippen LogP contribution in [0.25, 0.3) is 11.1 Å². The van der Waals surface area contributed by atoms with Crippen molar-refractivity contribution in [1.82, 2.24) is 4.98 Å². The Morgan fingerprint density at radius 3 is 2.86 bits per heavy atom. The van der Waals surface area contributed by atoms with Crippen molar-refractivity contribution in [2.45, 2.75) is 6.54 Å². The quantitative estimate of drug-likeness (QED) is 0.738. The van der Waals surface area contributed by atoms with Gasteiger partial charge < -0.3 is 18.8 Å². The lowest BCUT2D eigenvalue weighted by Gasteiger charge is -2.14. The maximum Gasteiger partial charge on any atom is 0.298 e. The standard InChI is InChI=1S/C16H14N2O3/c1-18(16-17-12-4-2-3-5-13(12)21-16)9-11-6-7-14-15(8-11)20-10-19-14/h2-8H,9-10H2,1H3. The van der Waals surface area contributed by atoms with E-state index >= 15 is 0 Å². The van der Waals surface area contributed by atoms with Crippen LogP contribution in [0.2, 0.25) is 0 Å². The van der Waals surface area contributed by atoms with Crippen LogP contribution in [-0.2, 0) is 6.54 Å². The minimum Gasteiger partial charge on any atom is -0.454 e. The summed E-state index contributed by atoms with van der Waals surface area (Å²) in [7, 11) is 1.95. The van der Waals surface area contributed by atoms with Gasteiger partial charge in [0, 0.05) is 13.6 Å². The van der Waals surface area contributed by atoms with Crippen LogP contribution in [0, 0.1) is 0 Å². The molecule has 5 nitrogen and oxygen atoms in total. The third kappa shape index (κ3) is 2.16. The van der Waals surface area contributed by atoms with Crippen LogP contribution in [0.4, 0.5) is 6.01 Å². The van der Waals surface area contributed by atoms with Crippen molar-refractivity contribution in [1.29, 1.82) is 0 Å². The summed E-state index contributed by atoms with van der Waals surface area (Å²) in [6.07, 6.45) is 0. The Balaban J connectivity index is 1.58. The minimum atomic E-state index is 0.291. The monoisotopic (exact) mass is 282 g/mol. The third-order valence-corrected chi connectivity index (χ3v) is 3.47. The van der Waals surface area contributed by atoms with E-state index in [4.69, 9.17) is 13.9 Å². The molecule has 5 heteroatoms. The molecule has 0 saturated carbocycles. The molecule has 0 amide bonds. The van der Waals surface area contributed by atoms with E-state index in [2.05, 4.69) is 4.98 Å². The summed E-state index contributed by atoms with van der Waals surface area (Å²) in [6, 6.07) is 14.3. The second-order valence-electron chi connectivity index (χ2n) is 5.01. The molecule has 2 aromatic carbocycles. The molecule has 2 heterocycles. The van der Waals surface area contributed by atoms with Gasteiger partial charge in [0.15, 0.2) is 17.1 Å². The second-order valence-corrected chi connectivity index (χ2v) is 5.01. The van der Waals surface area contributed by atoms with Gasteiger partial charge in [0.1, 0.15) is 5.52 Å². The molecule has 0 N–H and O–H groups in total. The highest BCUT2D eigenvalue weighted by molar-refractivity contribution is 5.74. The summed E-state index contributed by atoms with van der Waals surface area (Å²) in [5, 5.41) is 0. The van der Waals surface area contributed by atoms with Gasteiger partial charge in [0.2, 0.25) is 6.79 Å². The fraction of sp³-hybridized carbons (Fsp3) is 0.188. The number of anilines is 1. The minimum absolute atomic E-state index is 0.291. The summed E-state index contributed by atoms with van der Waals surface area (Å²) in [4.78, 5) is 6.45. The maximum absolute atomic E-state index is 5.75. The molecule has 4 rings (SSSR count). The van der Waals surface area contributed by atoms with E-state index in [1.807, 2.05) is 54.4 Å². The van der Waals surface area contributed by atoms with Gasteiger partial charge in [-0.2, -0.15) is 4.98 Å². The first kappa shape index (κ1) is 12.1. The van der Waals surface area contributed by atoms with Crippen LogP contribution in [0.15, 0.2) is 46.9 Å². The topological polar surface area (TPSA) is 47.7 Å². The zero-order chi connectivity index (χ0) is 14.2. The molecule has 0 atom stereocenters. The first-order chi connectivity index (χ1) is 10.3. The van der Waals surface area contributed by atoms with Crippen LogP contribution < -0.4 is 14.4 Å². The van der Waals surface area contributed by atoms with Gasteiger partial charge in [-0.3, -0.25) is 0 Å². The molecule has 0 bridgehead atoms. The Labute approximate surface area is 121 Å². The number of oxazole rings is 1. The van der Waals surface area contributed by atoms with Crippen molar-refractivity contribution in [3.8, 4) is 11.5 Å². The first-order valence-corrected chi connectivity index (χ1v) is 6.75. The van der Waals surface area contributed by atoms with E-state index in [-0.39, 0.29) is 0 Å². The van der Waals surface area contributed by atoms with Crippen molar-refractivity contribution in [2.24, 2.45) is 0 Å². The fourth-order valence-corrected chi connectivity index (χ4v) is 2.40. The van der Waals surface area contributed by atoms with Crippen LogP contribution in [0.1, 0.15) is 5.56 Å². The van der Waals surface area contributed by atoms with E-state index in [0.29, 0.717) is 19.4 Å². The van der Waals surface area contributed by atoms with Crippen molar-refractivity contribution in [2.75, 3.05) is 18.7 Å². The highest BCUT2D eigenvalue weighted by atomic mass is 16.7. The Morgan fingerprint density at radius 2 is 1.95 bits per heavy atom. The van der Waals surface area contributed by atoms with Gasteiger partial charge in [0.05, 0.1) is 0 Å². The van der Waals surface area contributed by atoms with Gasteiger partial charge in [-0.1, -0.05) is 18.2 Å². The molecule has 21 heavy (non-hydrogen) atoms. The summed E-state index contributed by atoms with van der Waals surface area (Å²) < 4.78 is 16.5. The SMILES string of the molecule is CN(Cc1ccc2c(c1)OCO2)c1nc2ccccc2o1. The smallest absolute Gasteiger partial charge is 0.298 e. The Bertz CT molecular complexity index is 764. The summed E-state index contributed by atoms with van der Waals surface area (Å²) in [6.45, 7) is 0.975. The average molecular weight is 282 g/mol. The van der Waals surface area contributed by atoms with Crippen LogP contribution >= 0.6 is 0 Å². The number of fused-ring (bicyclic) bond motifs is 2. The van der Waals surface area contributed by atoms with E-state index in [0.717, 1.165) is 28.2 Å². The first-order valence-electron chi connectivity index (χ1n) is 6.75. The van der Waals surface area contributed by atoms with Crippen molar-refractivity contribution in [3.63, 3.8) is 0 Å². The Hall–Kier alpha value is -2.69. The van der Waals surface area contributed by atoms with E-state index in [1.54, 1.807) is 0 Å². The number of para-hydroxylation sites is 2. The molecular formula is C16H14N2O3. The zero-order valence-corrected chi connectivity index (χ0v) is 11.6. The Morgan fingerprint density at radius 1 is 1.10 bits per heavy atom. The molecule has 0 saturated heterocycles. The van der Waals surface area contributed by atoms with Crippen molar-refractivity contribution < 1.29 is 13.9 Å². The number of hydrogen-bond acceptors (Lipinski definition) is 5. The maximum atomic E-state index is 5.75. The van der Waals surface area contributed by atoms with Gasteiger partial charge in [-0.15, -0.1) is 0 Å². The van der Waals surface area contributed by atoms with Crippen molar-refractivity contribution >= 4 is 17.1 Å². The average Bonchev–Trinajstić information content (AvgIpc) is 3.13. The normalized spacial score (nSPS) is 12.8. The van der Waals surface area contributed by atoms with Crippen LogP contribution in [0.5, 0.6) is 11.5 Å². The molecule has 3 aromatic rings.